The van der Waals surface area contributed by atoms with Crippen molar-refractivity contribution in [2.75, 3.05) is 5.75 Å². The first kappa shape index (κ1) is 12.3. The smallest absolute Gasteiger partial charge is 0.136 e. The molecule has 1 aromatic carbocycles. The molecule has 0 saturated carbocycles. The Morgan fingerprint density at radius 1 is 1.40 bits per heavy atom. The summed E-state index contributed by atoms with van der Waals surface area (Å²) < 4.78 is 0. The fourth-order valence-electron chi connectivity index (χ4n) is 1.16. The Morgan fingerprint density at radius 3 is 2.67 bits per heavy atom. The van der Waals surface area contributed by atoms with Gasteiger partial charge in [-0.05, 0) is 24.7 Å². The van der Waals surface area contributed by atoms with Crippen molar-refractivity contribution in [3.05, 3.63) is 35.4 Å². The summed E-state index contributed by atoms with van der Waals surface area (Å²) in [4.78, 5) is 10.3. The predicted octanol–water partition coefficient (Wildman–Crippen LogP) is 2.14. The van der Waals surface area contributed by atoms with Gasteiger partial charge >= 0.3 is 0 Å². The van der Waals surface area contributed by atoms with E-state index in [0.29, 0.717) is 0 Å². The molecule has 1 unspecified atom stereocenters. The van der Waals surface area contributed by atoms with Gasteiger partial charge < -0.3 is 10.5 Å². The number of benzene rings is 1. The van der Waals surface area contributed by atoms with Gasteiger partial charge in [0, 0.05) is 5.75 Å². The van der Waals surface area contributed by atoms with Gasteiger partial charge in [-0.1, -0.05) is 29.8 Å². The summed E-state index contributed by atoms with van der Waals surface area (Å²) in [6, 6.07) is 8.22. The largest absolute Gasteiger partial charge is 0.322 e. The fraction of sp³-hybridized carbons (Fsp3) is 0.417. The molecule has 0 bridgehead atoms. The molecule has 2 N–H and O–H groups in total. The van der Waals surface area contributed by atoms with Gasteiger partial charge in [-0.25, -0.2) is 0 Å². The Morgan fingerprint density at radius 2 is 2.07 bits per heavy atom. The van der Waals surface area contributed by atoms with Crippen molar-refractivity contribution in [3.8, 4) is 0 Å². The van der Waals surface area contributed by atoms with Crippen LogP contribution < -0.4 is 5.73 Å². The molecule has 2 nitrogen and oxygen atoms in total. The van der Waals surface area contributed by atoms with Crippen LogP contribution in [0.3, 0.4) is 0 Å². The number of aryl methyl sites for hydroxylation is 1. The molecule has 0 aliphatic rings. The lowest BCUT2D eigenvalue weighted by atomic mass is 10.2. The molecule has 82 valence electrons. The second-order valence-electron chi connectivity index (χ2n) is 3.63. The highest BCUT2D eigenvalue weighted by Crippen LogP contribution is 2.13. The van der Waals surface area contributed by atoms with E-state index in [0.717, 1.165) is 24.2 Å². The highest BCUT2D eigenvalue weighted by molar-refractivity contribution is 7.98. The molecule has 1 atom stereocenters. The van der Waals surface area contributed by atoms with Crippen LogP contribution in [0.1, 0.15) is 17.5 Å². The Balaban J connectivity index is 2.20. The van der Waals surface area contributed by atoms with Gasteiger partial charge in [0.1, 0.15) is 6.29 Å². The molecule has 1 rings (SSSR count). The zero-order chi connectivity index (χ0) is 11.1. The third-order valence-corrected chi connectivity index (χ3v) is 3.22. The van der Waals surface area contributed by atoms with Crippen LogP contribution in [0.25, 0.3) is 0 Å². The summed E-state index contributed by atoms with van der Waals surface area (Å²) in [6.45, 7) is 2.08. The van der Waals surface area contributed by atoms with Crippen LogP contribution in [0.2, 0.25) is 0 Å². The van der Waals surface area contributed by atoms with Gasteiger partial charge in [-0.3, -0.25) is 0 Å². The highest BCUT2D eigenvalue weighted by atomic mass is 32.2. The first-order valence-electron chi connectivity index (χ1n) is 5.06. The lowest BCUT2D eigenvalue weighted by Gasteiger charge is -2.04. The van der Waals surface area contributed by atoms with E-state index in [2.05, 4.69) is 31.2 Å². The maximum absolute atomic E-state index is 10.3. The van der Waals surface area contributed by atoms with Crippen LogP contribution in [0.5, 0.6) is 0 Å². The lowest BCUT2D eigenvalue weighted by molar-refractivity contribution is -0.108. The van der Waals surface area contributed by atoms with Crippen LogP contribution in [0, 0.1) is 6.92 Å². The minimum Gasteiger partial charge on any atom is -0.322 e. The number of hydrogen-bond donors (Lipinski definition) is 1. The molecule has 15 heavy (non-hydrogen) atoms. The van der Waals surface area contributed by atoms with Gasteiger partial charge in [0.15, 0.2) is 0 Å². The molecular weight excluding hydrogens is 206 g/mol. The average molecular weight is 223 g/mol. The number of rotatable bonds is 6. The van der Waals surface area contributed by atoms with Crippen molar-refractivity contribution in [2.24, 2.45) is 5.73 Å². The molecule has 0 aliphatic heterocycles. The summed E-state index contributed by atoms with van der Waals surface area (Å²) >= 11 is 1.82. The van der Waals surface area contributed by atoms with Crippen molar-refractivity contribution in [3.63, 3.8) is 0 Å². The Bertz CT molecular complexity index is 297. The minimum absolute atomic E-state index is 0.296. The van der Waals surface area contributed by atoms with E-state index in [1.54, 1.807) is 0 Å². The summed E-state index contributed by atoms with van der Waals surface area (Å²) in [5.74, 6) is 1.93. The van der Waals surface area contributed by atoms with Gasteiger partial charge in [0.2, 0.25) is 0 Å². The monoisotopic (exact) mass is 223 g/mol. The number of aldehydes is 1. The maximum atomic E-state index is 10.3. The van der Waals surface area contributed by atoms with E-state index in [-0.39, 0.29) is 6.04 Å². The molecule has 0 spiro atoms. The molecule has 0 radical (unpaired) electrons. The van der Waals surface area contributed by atoms with Gasteiger partial charge in [-0.15, -0.1) is 0 Å². The third kappa shape index (κ3) is 5.00. The lowest BCUT2D eigenvalue weighted by Crippen LogP contribution is -2.21. The normalized spacial score (nSPS) is 12.4. The SMILES string of the molecule is Cc1ccc(CSCCC(N)C=O)cc1. The van der Waals surface area contributed by atoms with Crippen molar-refractivity contribution in [2.45, 2.75) is 25.1 Å². The van der Waals surface area contributed by atoms with Crippen molar-refractivity contribution < 1.29 is 4.79 Å². The van der Waals surface area contributed by atoms with Crippen molar-refractivity contribution in [1.82, 2.24) is 0 Å². The van der Waals surface area contributed by atoms with E-state index in [9.17, 15) is 4.79 Å². The number of thioether (sulfide) groups is 1. The van der Waals surface area contributed by atoms with Gasteiger partial charge in [0.25, 0.3) is 0 Å². The third-order valence-electron chi connectivity index (χ3n) is 2.16. The van der Waals surface area contributed by atoms with E-state index in [4.69, 9.17) is 5.73 Å². The molecule has 0 amide bonds. The second-order valence-corrected chi connectivity index (χ2v) is 4.73. The van der Waals surface area contributed by atoms with Crippen molar-refractivity contribution in [1.29, 1.82) is 0 Å². The molecule has 3 heteroatoms. The Labute approximate surface area is 95.2 Å². The predicted molar refractivity (Wildman–Crippen MR) is 66.0 cm³/mol. The zero-order valence-electron chi connectivity index (χ0n) is 8.98. The van der Waals surface area contributed by atoms with E-state index in [1.165, 1.54) is 11.1 Å². The van der Waals surface area contributed by atoms with Gasteiger partial charge in [-0.2, -0.15) is 11.8 Å². The van der Waals surface area contributed by atoms with Crippen LogP contribution >= 0.6 is 11.8 Å². The fourth-order valence-corrected chi connectivity index (χ4v) is 2.17. The van der Waals surface area contributed by atoms with Crippen LogP contribution in [-0.4, -0.2) is 18.1 Å². The summed E-state index contributed by atoms with van der Waals surface area (Å²) in [6.07, 6.45) is 1.58. The quantitative estimate of drug-likeness (QED) is 0.593. The summed E-state index contributed by atoms with van der Waals surface area (Å²) in [5, 5.41) is 0. The number of carbonyl (C=O) groups excluding carboxylic acids is 1. The van der Waals surface area contributed by atoms with Crippen LogP contribution in [0.15, 0.2) is 24.3 Å². The maximum Gasteiger partial charge on any atom is 0.136 e. The molecule has 0 aliphatic carbocycles. The van der Waals surface area contributed by atoms with Crippen LogP contribution in [0.4, 0.5) is 0 Å². The number of carbonyl (C=O) groups is 1. The molecule has 0 fully saturated rings. The van der Waals surface area contributed by atoms with Crippen molar-refractivity contribution >= 4 is 18.0 Å². The molecule has 0 aromatic heterocycles. The molecule has 0 saturated heterocycles. The molecule has 1 aromatic rings. The number of hydrogen-bond acceptors (Lipinski definition) is 3. The Hall–Kier alpha value is -0.800. The van der Waals surface area contributed by atoms with Gasteiger partial charge in [0.05, 0.1) is 6.04 Å². The van der Waals surface area contributed by atoms with E-state index < -0.39 is 0 Å². The summed E-state index contributed by atoms with van der Waals surface area (Å²) in [5.41, 5.74) is 8.10. The number of nitrogens with two attached hydrogens (primary N) is 1. The molecular formula is C12H17NOS. The van der Waals surface area contributed by atoms with E-state index >= 15 is 0 Å². The highest BCUT2D eigenvalue weighted by Gasteiger charge is 1.99. The standard InChI is InChI=1S/C12H17NOS/c1-10-2-4-11(5-3-10)9-15-7-6-12(13)8-14/h2-5,8,12H,6-7,9,13H2,1H3. The zero-order valence-corrected chi connectivity index (χ0v) is 9.80. The topological polar surface area (TPSA) is 43.1 Å². The van der Waals surface area contributed by atoms with E-state index in [1.807, 2.05) is 11.8 Å². The molecule has 0 heterocycles. The second kappa shape index (κ2) is 6.64. The van der Waals surface area contributed by atoms with Crippen LogP contribution in [-0.2, 0) is 10.5 Å². The first-order valence-corrected chi connectivity index (χ1v) is 6.22. The first-order chi connectivity index (χ1) is 7.22. The Kier molecular flexibility index (Phi) is 5.43. The minimum atomic E-state index is -0.296. The average Bonchev–Trinajstić information content (AvgIpc) is 2.26. The summed E-state index contributed by atoms with van der Waals surface area (Å²) in [7, 11) is 0.